The summed E-state index contributed by atoms with van der Waals surface area (Å²) in [7, 11) is 0. The molecule has 4 rings (SSSR count). The lowest BCUT2D eigenvalue weighted by Gasteiger charge is -2.26. The van der Waals surface area contributed by atoms with E-state index in [1.165, 1.54) is 0 Å². The molecular formula is C24H24O5. The number of rotatable bonds is 2. The first kappa shape index (κ1) is 19.2. The van der Waals surface area contributed by atoms with E-state index in [4.69, 9.17) is 14.2 Å². The second-order valence-electron chi connectivity index (χ2n) is 7.92. The molecule has 0 amide bonds. The fraction of sp³-hybridized carbons (Fsp3) is 0.333. The average Bonchev–Trinajstić information content (AvgIpc) is 3.13. The molecule has 3 aliphatic rings. The first-order valence-electron chi connectivity index (χ1n) is 9.73. The van der Waals surface area contributed by atoms with Crippen LogP contribution in [0.25, 0.3) is 0 Å². The molecule has 5 nitrogen and oxygen atoms in total. The van der Waals surface area contributed by atoms with Gasteiger partial charge in [0.25, 0.3) is 0 Å². The number of esters is 2. The second-order valence-corrected chi connectivity index (χ2v) is 7.92. The topological polar surface area (TPSA) is 61.8 Å². The van der Waals surface area contributed by atoms with Gasteiger partial charge in [0.2, 0.25) is 0 Å². The predicted molar refractivity (Wildman–Crippen MR) is 108 cm³/mol. The molecule has 2 heterocycles. The Kier molecular flexibility index (Phi) is 4.91. The fourth-order valence-corrected chi connectivity index (χ4v) is 4.09. The van der Waals surface area contributed by atoms with Gasteiger partial charge in [-0.15, -0.1) is 0 Å². The Labute approximate surface area is 170 Å². The molecule has 0 N–H and O–H groups in total. The molecule has 150 valence electrons. The van der Waals surface area contributed by atoms with E-state index in [0.29, 0.717) is 35.3 Å². The summed E-state index contributed by atoms with van der Waals surface area (Å²) in [5.41, 5.74) is 3.79. The highest BCUT2D eigenvalue weighted by Crippen LogP contribution is 2.42. The van der Waals surface area contributed by atoms with Crippen molar-refractivity contribution in [2.24, 2.45) is 5.92 Å². The van der Waals surface area contributed by atoms with E-state index in [2.05, 4.69) is 13.2 Å². The summed E-state index contributed by atoms with van der Waals surface area (Å²) in [6.07, 6.45) is 3.43. The van der Waals surface area contributed by atoms with Crippen molar-refractivity contribution in [2.45, 2.75) is 45.0 Å². The molecule has 1 aromatic carbocycles. The molecule has 2 aliphatic heterocycles. The Balaban J connectivity index is 1.67. The predicted octanol–water partition coefficient (Wildman–Crippen LogP) is 4.20. The van der Waals surface area contributed by atoms with Crippen molar-refractivity contribution >= 4 is 11.9 Å². The zero-order valence-corrected chi connectivity index (χ0v) is 16.6. The number of allylic oxidation sites excluding steroid dienone is 1. The highest BCUT2D eigenvalue weighted by atomic mass is 16.6. The lowest BCUT2D eigenvalue weighted by atomic mass is 9.85. The summed E-state index contributed by atoms with van der Waals surface area (Å²) in [5, 5.41) is 0. The lowest BCUT2D eigenvalue weighted by Crippen LogP contribution is -2.33. The van der Waals surface area contributed by atoms with E-state index in [1.54, 1.807) is 12.1 Å². The van der Waals surface area contributed by atoms with E-state index >= 15 is 0 Å². The standard InChI is InChI=1S/C24H24O5/c1-13-5-7-17(8-6-13)23(25)29-20-10-14(2)9-19-11-18(24(26)28-19)12-21-22(20)15(3)16(4)27-21/h5-8,10-11,19-22H,3-4,9,12H2,1-2H3/b14-10+/t19-,20-,21?,22+/m1/s1. The monoisotopic (exact) mass is 392 g/mol. The summed E-state index contributed by atoms with van der Waals surface area (Å²) in [6.45, 7) is 11.9. The van der Waals surface area contributed by atoms with Gasteiger partial charge in [-0.3, -0.25) is 0 Å². The number of ether oxygens (including phenoxy) is 3. The molecule has 1 aromatic rings. The minimum absolute atomic E-state index is 0.299. The second kappa shape index (κ2) is 7.39. The first-order valence-corrected chi connectivity index (χ1v) is 9.73. The van der Waals surface area contributed by atoms with Crippen molar-refractivity contribution < 1.29 is 23.8 Å². The third kappa shape index (κ3) is 3.77. The van der Waals surface area contributed by atoms with Crippen LogP contribution in [-0.2, 0) is 19.0 Å². The number of carbonyl (C=O) groups excluding carboxylic acids is 2. The van der Waals surface area contributed by atoms with Crippen molar-refractivity contribution in [3.8, 4) is 0 Å². The smallest absolute Gasteiger partial charge is 0.338 e. The van der Waals surface area contributed by atoms with E-state index < -0.39 is 18.2 Å². The molecule has 0 saturated carbocycles. The van der Waals surface area contributed by atoms with Gasteiger partial charge >= 0.3 is 11.9 Å². The van der Waals surface area contributed by atoms with Crippen LogP contribution in [0.3, 0.4) is 0 Å². The number of benzene rings is 1. The summed E-state index contributed by atoms with van der Waals surface area (Å²) in [6, 6.07) is 7.26. The molecule has 5 heteroatoms. The first-order chi connectivity index (χ1) is 13.8. The Bertz CT molecular complexity index is 950. The van der Waals surface area contributed by atoms with Gasteiger partial charge in [0.05, 0.1) is 11.5 Å². The molecule has 0 radical (unpaired) electrons. The third-order valence-electron chi connectivity index (χ3n) is 5.64. The van der Waals surface area contributed by atoms with Gasteiger partial charge < -0.3 is 14.2 Å². The summed E-state index contributed by atoms with van der Waals surface area (Å²) >= 11 is 0. The minimum Gasteiger partial charge on any atom is -0.490 e. The van der Waals surface area contributed by atoms with Crippen LogP contribution in [-0.4, -0.2) is 30.3 Å². The molecule has 29 heavy (non-hydrogen) atoms. The van der Waals surface area contributed by atoms with Crippen LogP contribution in [0.15, 0.2) is 72.1 Å². The molecule has 1 saturated heterocycles. The Hall–Kier alpha value is -3.08. The van der Waals surface area contributed by atoms with E-state index in [9.17, 15) is 9.59 Å². The maximum Gasteiger partial charge on any atom is 0.338 e. The van der Waals surface area contributed by atoms with Crippen LogP contribution in [0.2, 0.25) is 0 Å². The van der Waals surface area contributed by atoms with Crippen LogP contribution >= 0.6 is 0 Å². The van der Waals surface area contributed by atoms with Crippen LogP contribution in [0, 0.1) is 12.8 Å². The average molecular weight is 392 g/mol. The zero-order valence-electron chi connectivity index (χ0n) is 16.6. The van der Waals surface area contributed by atoms with Crippen LogP contribution < -0.4 is 0 Å². The summed E-state index contributed by atoms with van der Waals surface area (Å²) in [5.74, 6) is -0.582. The molecular weight excluding hydrogens is 368 g/mol. The lowest BCUT2D eigenvalue weighted by molar-refractivity contribution is -0.139. The van der Waals surface area contributed by atoms with Gasteiger partial charge in [-0.25, -0.2) is 9.59 Å². The number of hydrogen-bond acceptors (Lipinski definition) is 5. The Morgan fingerprint density at radius 1 is 1.07 bits per heavy atom. The molecule has 0 spiro atoms. The van der Waals surface area contributed by atoms with E-state index in [-0.39, 0.29) is 18.0 Å². The summed E-state index contributed by atoms with van der Waals surface area (Å²) < 4.78 is 17.3. The maximum atomic E-state index is 12.8. The van der Waals surface area contributed by atoms with Crippen LogP contribution in [0.4, 0.5) is 0 Å². The number of aryl methyl sites for hydroxylation is 1. The molecule has 0 aromatic heterocycles. The van der Waals surface area contributed by atoms with E-state index in [1.807, 2.05) is 38.1 Å². The van der Waals surface area contributed by atoms with Crippen molar-refractivity contribution in [3.63, 3.8) is 0 Å². The van der Waals surface area contributed by atoms with Gasteiger partial charge in [0, 0.05) is 18.4 Å². The van der Waals surface area contributed by atoms with Crippen molar-refractivity contribution in [1.82, 2.24) is 0 Å². The van der Waals surface area contributed by atoms with Crippen molar-refractivity contribution in [1.29, 1.82) is 0 Å². The number of hydrogen-bond donors (Lipinski definition) is 0. The van der Waals surface area contributed by atoms with E-state index in [0.717, 1.165) is 11.1 Å². The molecule has 1 fully saturated rings. The fourth-order valence-electron chi connectivity index (χ4n) is 4.09. The Morgan fingerprint density at radius 3 is 2.52 bits per heavy atom. The van der Waals surface area contributed by atoms with Gasteiger partial charge in [-0.05, 0) is 43.7 Å². The number of fused-ring (bicyclic) bond motifs is 2. The molecule has 1 aliphatic carbocycles. The molecule has 1 unspecified atom stereocenters. The third-order valence-corrected chi connectivity index (χ3v) is 5.64. The summed E-state index contributed by atoms with van der Waals surface area (Å²) in [4.78, 5) is 25.0. The molecule has 2 bridgehead atoms. The van der Waals surface area contributed by atoms with Gasteiger partial charge in [-0.2, -0.15) is 0 Å². The normalized spacial score (nSPS) is 30.5. The van der Waals surface area contributed by atoms with Gasteiger partial charge in [0.1, 0.15) is 24.1 Å². The number of carbonyl (C=O) groups is 2. The quantitative estimate of drug-likeness (QED) is 0.558. The van der Waals surface area contributed by atoms with Crippen LogP contribution in [0.5, 0.6) is 0 Å². The highest BCUT2D eigenvalue weighted by molar-refractivity contribution is 5.91. The SMILES string of the molecule is C=C1OC2CC3=C[C@@H](C/C(C)=C/[C@@H](OC(=O)c4ccc(C)cc4)[C@@H]2C1=C)OC3=O. The molecule has 4 atom stereocenters. The minimum atomic E-state index is -0.575. The van der Waals surface area contributed by atoms with Crippen molar-refractivity contribution in [3.05, 3.63) is 83.2 Å². The Morgan fingerprint density at radius 2 is 1.79 bits per heavy atom. The van der Waals surface area contributed by atoms with Crippen LogP contribution in [0.1, 0.15) is 35.7 Å². The van der Waals surface area contributed by atoms with Gasteiger partial charge in [-0.1, -0.05) is 36.4 Å². The van der Waals surface area contributed by atoms with Gasteiger partial charge in [0.15, 0.2) is 0 Å². The van der Waals surface area contributed by atoms with Crippen molar-refractivity contribution in [2.75, 3.05) is 0 Å². The highest BCUT2D eigenvalue weighted by Gasteiger charge is 2.44. The largest absolute Gasteiger partial charge is 0.490 e. The zero-order chi connectivity index (χ0) is 20.7. The maximum absolute atomic E-state index is 12.8.